The Bertz CT molecular complexity index is 859. The molecule has 3 aromatic rings. The van der Waals surface area contributed by atoms with Gasteiger partial charge in [-0.1, -0.05) is 72.9 Å². The molecule has 0 aliphatic heterocycles. The van der Waals surface area contributed by atoms with Crippen molar-refractivity contribution >= 4 is 32.0 Å². The summed E-state index contributed by atoms with van der Waals surface area (Å²) in [6.45, 7) is 2.17. The number of aryl methyl sites for hydroxylation is 1. The van der Waals surface area contributed by atoms with E-state index in [2.05, 4.69) is 95.9 Å². The second-order valence-electron chi connectivity index (χ2n) is 6.60. The molecule has 26 heavy (non-hydrogen) atoms. The fourth-order valence-corrected chi connectivity index (χ4v) is 4.94. The SMILES string of the molecule is CCc1cccc(N=Cc2ccccc2[CH2][Al]([CH3])[NH]c2ccccc2)c1. The average molecular weight is 356 g/mol. The number of rotatable bonds is 7. The lowest BCUT2D eigenvalue weighted by molar-refractivity contribution is 1.14. The predicted octanol–water partition coefficient (Wildman–Crippen LogP) is 5.81. The molecule has 2 nitrogen and oxygen atoms in total. The summed E-state index contributed by atoms with van der Waals surface area (Å²) in [5, 5.41) is 1.09. The summed E-state index contributed by atoms with van der Waals surface area (Å²) in [4.78, 5) is 4.71. The van der Waals surface area contributed by atoms with Crippen LogP contribution in [0.25, 0.3) is 0 Å². The van der Waals surface area contributed by atoms with Crippen molar-refractivity contribution in [3.8, 4) is 0 Å². The van der Waals surface area contributed by atoms with Crippen LogP contribution >= 0.6 is 0 Å². The van der Waals surface area contributed by atoms with Gasteiger partial charge in [0.1, 0.15) is 0 Å². The van der Waals surface area contributed by atoms with Crippen molar-refractivity contribution < 1.29 is 0 Å². The molecule has 0 aliphatic rings. The number of anilines is 1. The lowest BCUT2D eigenvalue weighted by atomic mass is 10.1. The Morgan fingerprint density at radius 2 is 1.69 bits per heavy atom. The molecule has 0 radical (unpaired) electrons. The molecule has 0 unspecified atom stereocenters. The minimum Gasteiger partial charge on any atom is -0.476 e. The Labute approximate surface area is 161 Å². The van der Waals surface area contributed by atoms with Crippen molar-refractivity contribution in [2.24, 2.45) is 4.99 Å². The largest absolute Gasteiger partial charge is 0.476 e. The van der Waals surface area contributed by atoms with Crippen LogP contribution in [0, 0.1) is 0 Å². The third-order valence-corrected chi connectivity index (χ3v) is 6.32. The van der Waals surface area contributed by atoms with Crippen LogP contribution in [0.5, 0.6) is 0 Å². The summed E-state index contributed by atoms with van der Waals surface area (Å²) < 4.78 is 3.70. The van der Waals surface area contributed by atoms with E-state index in [4.69, 9.17) is 4.99 Å². The Hall–Kier alpha value is -2.34. The van der Waals surface area contributed by atoms with E-state index >= 15 is 0 Å². The van der Waals surface area contributed by atoms with Crippen molar-refractivity contribution in [1.82, 2.24) is 0 Å². The summed E-state index contributed by atoms with van der Waals surface area (Å²) in [5.74, 6) is 2.35. The van der Waals surface area contributed by atoms with Gasteiger partial charge in [0.15, 0.2) is 0 Å². The fourth-order valence-electron chi connectivity index (χ4n) is 3.05. The summed E-state index contributed by atoms with van der Waals surface area (Å²) in [6, 6.07) is 27.5. The van der Waals surface area contributed by atoms with Gasteiger partial charge < -0.3 is 4.30 Å². The van der Waals surface area contributed by atoms with Gasteiger partial charge in [-0.3, -0.25) is 4.99 Å². The standard InChI is InChI=1S/C16H16N.C6H6N.CH3.Al/c1-3-14-8-6-10-16(11-14)17-12-15-9-5-4-7-13(15)2;7-6-4-2-1-3-5-6;;/h4-12H,2-3H2,1H3;1-5,7H;1H3;/q;-1;;+1. The van der Waals surface area contributed by atoms with Gasteiger partial charge >= 0.3 is 14.4 Å². The van der Waals surface area contributed by atoms with Crippen molar-refractivity contribution in [2.45, 2.75) is 24.4 Å². The van der Waals surface area contributed by atoms with E-state index in [-0.39, 0.29) is 0 Å². The Morgan fingerprint density at radius 3 is 2.50 bits per heavy atom. The normalized spacial score (nSPS) is 10.8. The molecule has 1 N–H and O–H groups in total. The van der Waals surface area contributed by atoms with Crippen molar-refractivity contribution in [1.29, 1.82) is 0 Å². The number of hydrogen-bond acceptors (Lipinski definition) is 2. The smallest absolute Gasteiger partial charge is 0.412 e. The molecule has 0 saturated heterocycles. The molecule has 0 heterocycles. The van der Waals surface area contributed by atoms with E-state index in [1.807, 2.05) is 6.21 Å². The van der Waals surface area contributed by atoms with Gasteiger partial charge in [-0.15, -0.1) is 0 Å². The van der Waals surface area contributed by atoms with Gasteiger partial charge in [-0.25, -0.2) is 0 Å². The highest BCUT2D eigenvalue weighted by Gasteiger charge is 2.14. The van der Waals surface area contributed by atoms with Crippen LogP contribution in [0.4, 0.5) is 11.4 Å². The second kappa shape index (κ2) is 9.38. The second-order valence-corrected chi connectivity index (χ2v) is 9.10. The summed E-state index contributed by atoms with van der Waals surface area (Å²) in [5.41, 5.74) is 6.14. The number of para-hydroxylation sites is 1. The number of nitrogens with zero attached hydrogens (tertiary/aromatic N) is 1. The van der Waals surface area contributed by atoms with Gasteiger partial charge in [0.2, 0.25) is 0 Å². The van der Waals surface area contributed by atoms with Gasteiger partial charge in [0, 0.05) is 11.9 Å². The Morgan fingerprint density at radius 1 is 0.923 bits per heavy atom. The first-order chi connectivity index (χ1) is 12.7. The molecule has 0 bridgehead atoms. The molecule has 3 rings (SSSR count). The minimum absolute atomic E-state index is 1.02. The molecule has 0 aromatic heterocycles. The lowest BCUT2D eigenvalue weighted by Crippen LogP contribution is -2.24. The van der Waals surface area contributed by atoms with E-state index in [1.54, 1.807) is 0 Å². The van der Waals surface area contributed by atoms with Crippen LogP contribution in [0.15, 0.2) is 83.9 Å². The molecule has 0 aliphatic carbocycles. The number of benzene rings is 3. The highest BCUT2D eigenvalue weighted by Crippen LogP contribution is 2.16. The maximum absolute atomic E-state index is 4.71. The molecular weight excluding hydrogens is 331 g/mol. The first-order valence-electron chi connectivity index (χ1n) is 9.27. The summed E-state index contributed by atoms with van der Waals surface area (Å²) >= 11 is -1.11. The number of nitrogens with one attached hydrogen (secondary N) is 1. The zero-order valence-corrected chi connectivity index (χ0v) is 16.7. The third-order valence-electron chi connectivity index (χ3n) is 4.44. The first kappa shape index (κ1) is 18.5. The van der Waals surface area contributed by atoms with Crippen molar-refractivity contribution in [2.75, 3.05) is 4.30 Å². The van der Waals surface area contributed by atoms with Crippen LogP contribution in [-0.2, 0) is 11.7 Å². The van der Waals surface area contributed by atoms with Crippen LogP contribution in [-0.4, -0.2) is 20.6 Å². The van der Waals surface area contributed by atoms with Gasteiger partial charge in [-0.05, 0) is 47.1 Å². The van der Waals surface area contributed by atoms with Crippen LogP contribution < -0.4 is 4.30 Å². The molecule has 0 fully saturated rings. The molecule has 3 heteroatoms. The highest BCUT2D eigenvalue weighted by atomic mass is 27.2. The quantitative estimate of drug-likeness (QED) is 0.419. The number of hydrogen-bond donors (Lipinski definition) is 1. The van der Waals surface area contributed by atoms with Gasteiger partial charge in [0.05, 0.1) is 5.69 Å². The first-order valence-corrected chi connectivity index (χ1v) is 11.8. The molecule has 0 atom stereocenters. The van der Waals surface area contributed by atoms with E-state index in [9.17, 15) is 0 Å². The monoisotopic (exact) mass is 356 g/mol. The number of aliphatic imine (C=N–C) groups is 1. The Balaban J connectivity index is 1.72. The molecule has 0 saturated carbocycles. The fraction of sp³-hybridized carbons (Fsp3) is 0.174. The minimum atomic E-state index is -1.11. The molecule has 3 aromatic carbocycles. The third kappa shape index (κ3) is 5.33. The van der Waals surface area contributed by atoms with Crippen molar-refractivity contribution in [3.63, 3.8) is 0 Å². The lowest BCUT2D eigenvalue weighted by Gasteiger charge is -2.12. The molecule has 0 amide bonds. The zero-order valence-electron chi connectivity index (χ0n) is 15.5. The van der Waals surface area contributed by atoms with Crippen LogP contribution in [0.2, 0.25) is 5.79 Å². The predicted molar refractivity (Wildman–Crippen MR) is 115 cm³/mol. The average Bonchev–Trinajstić information content (AvgIpc) is 2.68. The maximum Gasteiger partial charge on any atom is 0.412 e. The zero-order chi connectivity index (χ0) is 18.2. The van der Waals surface area contributed by atoms with Crippen LogP contribution in [0.1, 0.15) is 23.6 Å². The van der Waals surface area contributed by atoms with E-state index in [1.165, 1.54) is 22.4 Å². The summed E-state index contributed by atoms with van der Waals surface area (Å²) in [6.07, 6.45) is 3.04. The van der Waals surface area contributed by atoms with Gasteiger partial charge in [0.25, 0.3) is 0 Å². The summed E-state index contributed by atoms with van der Waals surface area (Å²) in [7, 11) is 0. The molecule has 130 valence electrons. The Kier molecular flexibility index (Phi) is 6.66. The topological polar surface area (TPSA) is 24.4 Å². The van der Waals surface area contributed by atoms with E-state index in [0.717, 1.165) is 17.4 Å². The molecule has 0 spiro atoms. The van der Waals surface area contributed by atoms with Crippen LogP contribution in [0.3, 0.4) is 0 Å². The molecular formula is C23H25AlN2. The van der Waals surface area contributed by atoms with Crippen molar-refractivity contribution in [3.05, 3.63) is 95.6 Å². The van der Waals surface area contributed by atoms with E-state index in [0.29, 0.717) is 0 Å². The van der Waals surface area contributed by atoms with E-state index < -0.39 is 14.4 Å². The highest BCUT2D eigenvalue weighted by molar-refractivity contribution is 6.60. The van der Waals surface area contributed by atoms with Gasteiger partial charge in [-0.2, -0.15) is 0 Å². The maximum atomic E-state index is 4.71.